The summed E-state index contributed by atoms with van der Waals surface area (Å²) in [4.78, 5) is 79.0. The lowest BCUT2D eigenvalue weighted by molar-refractivity contribution is -0.148. The normalized spacial score (nSPS) is 11.2. The van der Waals surface area contributed by atoms with Crippen molar-refractivity contribution in [1.82, 2.24) is 10.6 Å². The van der Waals surface area contributed by atoms with Gasteiger partial charge in [-0.1, -0.05) is 0 Å². The summed E-state index contributed by atoms with van der Waals surface area (Å²) in [6.07, 6.45) is 10.7. The number of carbonyl (C=O) groups excluding carboxylic acids is 5. The number of nitrogens with one attached hydrogen (secondary N) is 2. The number of carboxylic acid groups (broad SMARTS) is 1. The first-order chi connectivity index (χ1) is 36.3. The first kappa shape index (κ1) is 79.2. The lowest BCUT2D eigenvalue weighted by atomic mass is 10.1. The molecule has 0 fully saturated rings. The molecule has 0 unspecified atom stereocenters. The van der Waals surface area contributed by atoms with Gasteiger partial charge >= 0.3 is 17.9 Å². The number of rotatable bonds is 43. The molecule has 0 saturated heterocycles. The molecule has 0 aliphatic rings. The maximum Gasteiger partial charge on any atom is 0.328 e. The highest BCUT2D eigenvalue weighted by atomic mass is 35.5. The molecule has 76 heavy (non-hydrogen) atoms. The Kier molecular flexibility index (Phi) is 64.4. The predicted octanol–water partition coefficient (Wildman–Crippen LogP) is -3.33. The first-order valence-electron chi connectivity index (χ1n) is 23.8. The lowest BCUT2D eigenvalue weighted by Crippen LogP contribution is -2.43. The van der Waals surface area contributed by atoms with Crippen molar-refractivity contribution in [2.45, 2.75) is 70.5 Å². The number of hydrogen-bond donors (Lipinski definition) is 10. The number of aliphatic carboxylic acids is 1. The summed E-state index contributed by atoms with van der Waals surface area (Å²) in [6, 6.07) is -2.34. The Labute approximate surface area is 451 Å². The predicted molar refractivity (Wildman–Crippen MR) is 284 cm³/mol. The van der Waals surface area contributed by atoms with E-state index in [1.54, 1.807) is 35.2 Å². The van der Waals surface area contributed by atoms with Crippen LogP contribution in [-0.2, 0) is 80.9 Å². The van der Waals surface area contributed by atoms with E-state index in [4.69, 9.17) is 109 Å². The van der Waals surface area contributed by atoms with E-state index in [2.05, 4.69) is 38.5 Å². The first-order valence-corrected chi connectivity index (χ1v) is 24.2. The summed E-state index contributed by atoms with van der Waals surface area (Å²) < 4.78 is 54.6. The number of nitrogens with zero attached hydrogens (tertiary/aromatic N) is 3. The van der Waals surface area contributed by atoms with Gasteiger partial charge in [-0.15, -0.1) is 12.8 Å². The van der Waals surface area contributed by atoms with Crippen LogP contribution in [0.4, 0.5) is 0 Å². The van der Waals surface area contributed by atoms with E-state index in [0.29, 0.717) is 124 Å². The van der Waals surface area contributed by atoms with Gasteiger partial charge in [-0.05, 0) is 64.0 Å². The van der Waals surface area contributed by atoms with Crippen molar-refractivity contribution in [1.29, 1.82) is 0 Å². The second kappa shape index (κ2) is 61.8. The number of guanidine groups is 3. The maximum atomic E-state index is 11.9. The number of aliphatic imine (C=N–C) groups is 3. The Morgan fingerprint density at radius 1 is 0.500 bits per heavy atom. The third-order valence-corrected chi connectivity index (χ3v) is 8.19. The number of nitrogens with two attached hydrogens (primary N) is 7. The van der Waals surface area contributed by atoms with Gasteiger partial charge in [0, 0.05) is 41.0 Å². The maximum absolute atomic E-state index is 11.9. The minimum absolute atomic E-state index is 0.0159. The number of hydrogen-bond acceptors (Lipinski definition) is 21. The molecule has 0 rings (SSSR count). The van der Waals surface area contributed by atoms with Gasteiger partial charge < -0.3 is 108 Å². The van der Waals surface area contributed by atoms with Gasteiger partial charge in [-0.25, -0.2) is 9.59 Å². The molecule has 3 atom stereocenters. The van der Waals surface area contributed by atoms with Gasteiger partial charge in [0.2, 0.25) is 17.1 Å². The molecular formula is C45H89ClN12O18. The second-order valence-electron chi connectivity index (χ2n) is 14.4. The second-order valence-corrected chi connectivity index (χ2v) is 14.8. The van der Waals surface area contributed by atoms with E-state index in [9.17, 15) is 28.8 Å². The van der Waals surface area contributed by atoms with Crippen LogP contribution in [0.25, 0.3) is 0 Å². The molecule has 444 valence electrons. The van der Waals surface area contributed by atoms with E-state index in [1.165, 1.54) is 0 Å². The average Bonchev–Trinajstić information content (AvgIpc) is 3.37. The molecule has 30 nitrogen and oxygen atoms in total. The fourth-order valence-electron chi connectivity index (χ4n) is 4.68. The molecule has 0 aliphatic carbocycles. The quantitative estimate of drug-likeness (QED) is 0.00713. The molecular weight excluding hydrogens is 1030 g/mol. The zero-order chi connectivity index (χ0) is 58.6. The molecule has 0 heterocycles. The summed E-state index contributed by atoms with van der Waals surface area (Å²) in [5, 5.41) is 13.5. The molecule has 17 N–H and O–H groups in total. The molecule has 0 radical (unpaired) electrons. The molecule has 2 amide bonds. The van der Waals surface area contributed by atoms with Crippen molar-refractivity contribution in [3.63, 3.8) is 0 Å². The smallest absolute Gasteiger partial charge is 0.328 e. The van der Waals surface area contributed by atoms with Crippen LogP contribution >= 0.6 is 11.6 Å². The van der Waals surface area contributed by atoms with E-state index < -0.39 is 47.1 Å². The zero-order valence-corrected chi connectivity index (χ0v) is 45.7. The summed E-state index contributed by atoms with van der Waals surface area (Å²) >= 11 is 5.02. The standard InChI is InChI=1S/C15H30N4O6.C13H26N4O6.C8H18N4O2.C7H13ClO4.C2H2/c1-3-25-14(21)12(5-4-6-18-15(16)17)19-13(20)11-24-10-9-23-8-7-22-2;1-21-5-6-22-7-8-23-9-11(18)17-10(12(19)20)3-2-4-16-13(14)15;1-2-14-7(13)6(9)4-3-5-12-8(10)11;1-10-2-3-11-4-5-12-6-7(8)9;1-2/h12H,3-11H2,1-2H3,(H,19,20)(H4,16,17,18);10H,2-9H2,1H3,(H,17,18)(H,19,20)(H4,14,15,16);6H,2-5,9H2,1H3,(H4,10,11,12);2-6H2,1H3;1-2H/t12-;10-;6-;;/m000../s1. The Balaban J connectivity index is -0.000000303. The molecule has 31 heteroatoms. The third kappa shape index (κ3) is 66.3. The van der Waals surface area contributed by atoms with E-state index >= 15 is 0 Å². The van der Waals surface area contributed by atoms with Gasteiger partial charge in [0.05, 0.1) is 92.5 Å². The summed E-state index contributed by atoms with van der Waals surface area (Å²) in [5.74, 6) is -2.92. The van der Waals surface area contributed by atoms with Crippen molar-refractivity contribution < 1.29 is 86.0 Å². The van der Waals surface area contributed by atoms with E-state index in [1.807, 2.05) is 0 Å². The third-order valence-electron chi connectivity index (χ3n) is 8.08. The van der Waals surface area contributed by atoms with Crippen LogP contribution in [0.2, 0.25) is 0 Å². The van der Waals surface area contributed by atoms with Crippen LogP contribution in [0.5, 0.6) is 0 Å². The summed E-state index contributed by atoms with van der Waals surface area (Å²) in [5.41, 5.74) is 36.6. The molecule has 0 saturated carbocycles. The minimum atomic E-state index is -1.12. The highest BCUT2D eigenvalue weighted by molar-refractivity contribution is 6.63. The number of carbonyl (C=O) groups is 6. The number of esters is 2. The van der Waals surface area contributed by atoms with Gasteiger partial charge in [0.15, 0.2) is 17.9 Å². The number of halogens is 1. The van der Waals surface area contributed by atoms with Crippen LogP contribution in [-0.4, -0.2) is 229 Å². The molecule has 0 spiro atoms. The number of methoxy groups -OCH3 is 3. The molecule has 0 aromatic heterocycles. The Bertz CT molecular complexity index is 1560. The Morgan fingerprint density at radius 2 is 0.816 bits per heavy atom. The topological polar surface area (TPSA) is 467 Å². The Morgan fingerprint density at radius 3 is 1.16 bits per heavy atom. The average molecular weight is 1120 g/mol. The zero-order valence-electron chi connectivity index (χ0n) is 44.9. The fourth-order valence-corrected chi connectivity index (χ4v) is 4.76. The SMILES string of the molecule is C#C.CCOC(=O)[C@@H](N)CCCN=C(N)N.CCOC(=O)[C@H](CCCN=C(N)N)NC(=O)COCCOCCOC.COCCOCCOCC(=O)Cl.COCCOCCOCC(=O)N[C@@H](CCCN=C(N)N)C(=O)O. The fraction of sp³-hybridized carbons (Fsp3) is 0.756. The van der Waals surface area contributed by atoms with Crippen molar-refractivity contribution >= 4 is 64.4 Å². The molecule has 0 aliphatic heterocycles. The minimum Gasteiger partial charge on any atom is -0.480 e. The van der Waals surface area contributed by atoms with Gasteiger partial charge in [0.1, 0.15) is 37.9 Å². The molecule has 0 aromatic carbocycles. The molecule has 0 bridgehead atoms. The monoisotopic (exact) mass is 1120 g/mol. The van der Waals surface area contributed by atoms with Crippen molar-refractivity contribution in [2.24, 2.45) is 55.1 Å². The number of terminal acetylenes is 1. The summed E-state index contributed by atoms with van der Waals surface area (Å²) in [7, 11) is 4.76. The van der Waals surface area contributed by atoms with Gasteiger partial charge in [-0.2, -0.15) is 0 Å². The highest BCUT2D eigenvalue weighted by Gasteiger charge is 2.22. The van der Waals surface area contributed by atoms with E-state index in [-0.39, 0.29) is 69.9 Å². The van der Waals surface area contributed by atoms with Crippen LogP contribution in [0.3, 0.4) is 0 Å². The van der Waals surface area contributed by atoms with Gasteiger partial charge in [0.25, 0.3) is 0 Å². The number of carboxylic acids is 1. The van der Waals surface area contributed by atoms with Crippen molar-refractivity contribution in [2.75, 3.05) is 153 Å². The lowest BCUT2D eigenvalue weighted by Gasteiger charge is -2.17. The highest BCUT2D eigenvalue weighted by Crippen LogP contribution is 2.02. The van der Waals surface area contributed by atoms with Crippen molar-refractivity contribution in [3.8, 4) is 12.8 Å². The van der Waals surface area contributed by atoms with Crippen LogP contribution in [0.15, 0.2) is 15.0 Å². The Hall–Kier alpha value is -5.72. The number of amides is 2. The van der Waals surface area contributed by atoms with Gasteiger partial charge in [-0.3, -0.25) is 34.2 Å². The van der Waals surface area contributed by atoms with Crippen molar-refractivity contribution in [3.05, 3.63) is 0 Å². The largest absolute Gasteiger partial charge is 0.480 e. The van der Waals surface area contributed by atoms with Crippen LogP contribution in [0, 0.1) is 12.8 Å². The van der Waals surface area contributed by atoms with E-state index in [0.717, 1.165) is 0 Å². The molecule has 0 aromatic rings. The van der Waals surface area contributed by atoms with Crippen LogP contribution < -0.4 is 50.8 Å². The van der Waals surface area contributed by atoms with Crippen LogP contribution in [0.1, 0.15) is 52.4 Å². The number of ether oxygens (including phenoxy) is 11. The summed E-state index contributed by atoms with van der Waals surface area (Å²) in [6.45, 7) is 9.73.